The number of methoxy groups -OCH3 is 1. The fourth-order valence-corrected chi connectivity index (χ4v) is 6.01. The van der Waals surface area contributed by atoms with Gasteiger partial charge in [0.2, 0.25) is 5.91 Å². The van der Waals surface area contributed by atoms with Crippen molar-refractivity contribution in [2.24, 2.45) is 5.73 Å². The molecule has 12 nitrogen and oxygen atoms in total. The number of carbonyl (C=O) groups excluding carboxylic acids is 2. The highest BCUT2D eigenvalue weighted by Gasteiger charge is 2.61. The predicted octanol–water partition coefficient (Wildman–Crippen LogP) is 1.02. The molecule has 0 radical (unpaired) electrons. The van der Waals surface area contributed by atoms with Gasteiger partial charge in [-0.1, -0.05) is 6.07 Å². The van der Waals surface area contributed by atoms with Gasteiger partial charge in [-0.15, -0.1) is 0 Å². The van der Waals surface area contributed by atoms with Crippen molar-refractivity contribution in [3.63, 3.8) is 0 Å². The second-order valence-corrected chi connectivity index (χ2v) is 10.6. The topological polar surface area (TPSA) is 166 Å². The minimum absolute atomic E-state index is 0.0624. The number of phenolic OH excluding ortho intramolecular Hbond substituents is 1. The van der Waals surface area contributed by atoms with Crippen LogP contribution in [0, 0.1) is 6.92 Å². The standard InChI is InChI=1S/C27H40N4O8/c1-16-7-8-20(38-6)23(34)22(16)26-11-12-29(3)17(2)27(26,37)10-9-18(13-26)39-25(36)31(5)19(14-28)24(35)30(4)15-21(32)33/h7-9,17,19,34,37H,10-15,28H2,1-6H3,(H,32,33). The normalized spacial score (nSPS) is 25.6. The zero-order valence-corrected chi connectivity index (χ0v) is 23.4. The number of allylic oxidation sites excluding steroid dienone is 1. The average molecular weight is 549 g/mol. The number of piperidine rings is 1. The quantitative estimate of drug-likeness (QED) is 0.368. The number of carboxylic acids is 1. The average Bonchev–Trinajstić information content (AvgIpc) is 2.88. The van der Waals surface area contributed by atoms with Gasteiger partial charge in [-0.3, -0.25) is 14.5 Å². The number of fused-ring (bicyclic) bond motifs is 1. The molecule has 1 aliphatic heterocycles. The second-order valence-electron chi connectivity index (χ2n) is 10.6. The lowest BCUT2D eigenvalue weighted by Crippen LogP contribution is -2.68. The summed E-state index contributed by atoms with van der Waals surface area (Å²) in [5.74, 6) is -1.32. The molecule has 2 amide bonds. The molecule has 216 valence electrons. The van der Waals surface area contributed by atoms with Crippen LogP contribution < -0.4 is 10.5 Å². The molecule has 3 rings (SSSR count). The maximum Gasteiger partial charge on any atom is 0.415 e. The van der Waals surface area contributed by atoms with Crippen LogP contribution in [0.2, 0.25) is 0 Å². The number of likely N-dealkylation sites (tertiary alicyclic amines) is 1. The number of hydrogen-bond donors (Lipinski definition) is 4. The van der Waals surface area contributed by atoms with Gasteiger partial charge in [0.25, 0.3) is 0 Å². The molecule has 5 N–H and O–H groups in total. The van der Waals surface area contributed by atoms with E-state index in [0.717, 1.165) is 15.4 Å². The molecule has 0 spiro atoms. The number of aryl methyl sites for hydroxylation is 1. The zero-order chi connectivity index (χ0) is 29.3. The monoisotopic (exact) mass is 548 g/mol. The van der Waals surface area contributed by atoms with Gasteiger partial charge in [-0.2, -0.15) is 0 Å². The molecule has 4 unspecified atom stereocenters. The van der Waals surface area contributed by atoms with Crippen LogP contribution in [0.1, 0.15) is 37.3 Å². The third kappa shape index (κ3) is 5.28. The van der Waals surface area contributed by atoms with E-state index in [1.165, 1.54) is 21.2 Å². The highest BCUT2D eigenvalue weighted by molar-refractivity contribution is 5.88. The van der Waals surface area contributed by atoms with Gasteiger partial charge in [0, 0.05) is 50.5 Å². The molecule has 1 saturated heterocycles. The van der Waals surface area contributed by atoms with Gasteiger partial charge in [-0.05, 0) is 51.6 Å². The number of hydrogen-bond acceptors (Lipinski definition) is 9. The van der Waals surface area contributed by atoms with Crippen molar-refractivity contribution in [1.29, 1.82) is 0 Å². The molecule has 4 atom stereocenters. The Balaban J connectivity index is 1.97. The molecule has 1 aromatic carbocycles. The van der Waals surface area contributed by atoms with E-state index in [1.54, 1.807) is 12.1 Å². The SMILES string of the molecule is COc1ccc(C)c(C23CCN(C)C(C)C2(O)CC=C(OC(=O)N(C)C(CN)C(=O)N(C)CC(=O)O)C3)c1O. The van der Waals surface area contributed by atoms with Crippen LogP contribution in [0.15, 0.2) is 24.0 Å². The van der Waals surface area contributed by atoms with Gasteiger partial charge >= 0.3 is 12.1 Å². The predicted molar refractivity (Wildman–Crippen MR) is 142 cm³/mol. The number of nitrogens with two attached hydrogens (primary N) is 1. The summed E-state index contributed by atoms with van der Waals surface area (Å²) in [6.45, 7) is 3.64. The Kier molecular flexibility index (Phi) is 8.83. The minimum atomic E-state index is -1.30. The summed E-state index contributed by atoms with van der Waals surface area (Å²) >= 11 is 0. The van der Waals surface area contributed by atoms with Crippen LogP contribution in [0.5, 0.6) is 11.5 Å². The first kappa shape index (κ1) is 30.2. The highest BCUT2D eigenvalue weighted by atomic mass is 16.6. The summed E-state index contributed by atoms with van der Waals surface area (Å²) in [6, 6.07) is 2.08. The molecule has 1 fully saturated rings. The van der Waals surface area contributed by atoms with Gasteiger partial charge in [0.1, 0.15) is 18.3 Å². The van der Waals surface area contributed by atoms with E-state index in [4.69, 9.17) is 20.3 Å². The number of aliphatic carboxylic acids is 1. The fraction of sp³-hybridized carbons (Fsp3) is 0.593. The molecule has 12 heteroatoms. The fourth-order valence-electron chi connectivity index (χ4n) is 6.01. The van der Waals surface area contributed by atoms with E-state index in [0.29, 0.717) is 18.5 Å². The Morgan fingerprint density at radius 2 is 1.95 bits per heavy atom. The smallest absolute Gasteiger partial charge is 0.415 e. The summed E-state index contributed by atoms with van der Waals surface area (Å²) < 4.78 is 11.1. The molecule has 0 saturated carbocycles. The van der Waals surface area contributed by atoms with Gasteiger partial charge in [0.05, 0.1) is 12.7 Å². The Morgan fingerprint density at radius 1 is 1.28 bits per heavy atom. The van der Waals surface area contributed by atoms with Crippen LogP contribution in [0.3, 0.4) is 0 Å². The van der Waals surface area contributed by atoms with Crippen LogP contribution in [-0.2, 0) is 19.7 Å². The van der Waals surface area contributed by atoms with Crippen molar-refractivity contribution in [1.82, 2.24) is 14.7 Å². The Labute approximate surface area is 228 Å². The van der Waals surface area contributed by atoms with Crippen LogP contribution in [0.25, 0.3) is 0 Å². The summed E-state index contributed by atoms with van der Waals surface area (Å²) in [5.41, 5.74) is 4.78. The Morgan fingerprint density at radius 3 is 2.54 bits per heavy atom. The van der Waals surface area contributed by atoms with Crippen molar-refractivity contribution in [3.05, 3.63) is 35.1 Å². The molecule has 0 bridgehead atoms. The maximum absolute atomic E-state index is 13.2. The first-order valence-electron chi connectivity index (χ1n) is 12.8. The van der Waals surface area contributed by atoms with E-state index in [2.05, 4.69) is 4.90 Å². The third-order valence-electron chi connectivity index (χ3n) is 8.47. The number of aliphatic hydroxyl groups is 1. The van der Waals surface area contributed by atoms with E-state index in [-0.39, 0.29) is 42.7 Å². The number of benzene rings is 1. The number of likely N-dealkylation sites (N-methyl/N-ethyl adjacent to an activating group) is 3. The number of ether oxygens (including phenoxy) is 2. The number of aromatic hydroxyl groups is 1. The first-order chi connectivity index (χ1) is 18.2. The molecular formula is C27H40N4O8. The summed E-state index contributed by atoms with van der Waals surface area (Å²) in [4.78, 5) is 41.0. The van der Waals surface area contributed by atoms with Crippen molar-refractivity contribution >= 4 is 18.0 Å². The van der Waals surface area contributed by atoms with E-state index >= 15 is 0 Å². The first-order valence-corrected chi connectivity index (χ1v) is 12.8. The second kappa shape index (κ2) is 11.4. The molecule has 1 heterocycles. The summed E-state index contributed by atoms with van der Waals surface area (Å²) in [7, 11) is 6.07. The maximum atomic E-state index is 13.2. The van der Waals surface area contributed by atoms with Crippen molar-refractivity contribution in [2.75, 3.05) is 47.9 Å². The third-order valence-corrected chi connectivity index (χ3v) is 8.47. The Bertz CT molecular complexity index is 1160. The lowest BCUT2D eigenvalue weighted by molar-refractivity contribution is -0.145. The van der Waals surface area contributed by atoms with E-state index < -0.39 is 41.6 Å². The molecule has 1 aromatic rings. The van der Waals surface area contributed by atoms with Crippen LogP contribution in [-0.4, -0.2) is 114 Å². The molecule has 1 aliphatic carbocycles. The molecule has 0 aromatic heterocycles. The lowest BCUT2D eigenvalue weighted by Gasteiger charge is -2.59. The number of carboxylic acid groups (broad SMARTS) is 1. The van der Waals surface area contributed by atoms with Gasteiger partial charge < -0.3 is 40.3 Å². The number of nitrogens with zero attached hydrogens (tertiary/aromatic N) is 3. The van der Waals surface area contributed by atoms with Crippen molar-refractivity contribution in [3.8, 4) is 11.5 Å². The zero-order valence-electron chi connectivity index (χ0n) is 23.4. The number of phenols is 1. The molecular weight excluding hydrogens is 508 g/mol. The molecule has 39 heavy (non-hydrogen) atoms. The van der Waals surface area contributed by atoms with Gasteiger partial charge in [-0.25, -0.2) is 4.79 Å². The summed E-state index contributed by atoms with van der Waals surface area (Å²) in [6.07, 6.45) is 1.56. The van der Waals surface area contributed by atoms with Crippen LogP contribution in [0.4, 0.5) is 4.79 Å². The van der Waals surface area contributed by atoms with E-state index in [9.17, 15) is 24.6 Å². The molecule has 2 aliphatic rings. The van der Waals surface area contributed by atoms with Gasteiger partial charge in [0.15, 0.2) is 11.5 Å². The van der Waals surface area contributed by atoms with Crippen molar-refractivity contribution < 1.29 is 39.2 Å². The van der Waals surface area contributed by atoms with Crippen LogP contribution >= 0.6 is 0 Å². The number of rotatable bonds is 8. The lowest BCUT2D eigenvalue weighted by atomic mass is 9.54. The highest BCUT2D eigenvalue weighted by Crippen LogP contribution is 2.57. The minimum Gasteiger partial charge on any atom is -0.504 e. The number of carbonyl (C=O) groups is 3. The van der Waals surface area contributed by atoms with Crippen molar-refractivity contribution in [2.45, 2.75) is 56.2 Å². The Hall–Kier alpha value is -3.35. The summed E-state index contributed by atoms with van der Waals surface area (Å²) in [5, 5.41) is 32.5. The number of amides is 2. The van der Waals surface area contributed by atoms with E-state index in [1.807, 2.05) is 27.0 Å². The largest absolute Gasteiger partial charge is 0.504 e.